The van der Waals surface area contributed by atoms with E-state index in [0.717, 1.165) is 38.6 Å². The quantitative estimate of drug-likeness (QED) is 0.719. The van der Waals surface area contributed by atoms with Gasteiger partial charge in [-0.15, -0.1) is 0 Å². The van der Waals surface area contributed by atoms with Crippen LogP contribution in [0.4, 0.5) is 0 Å². The normalized spacial score (nSPS) is 27.5. The second-order valence-electron chi connectivity index (χ2n) is 7.56. The van der Waals surface area contributed by atoms with Crippen LogP contribution in [0.5, 0.6) is 0 Å². The van der Waals surface area contributed by atoms with E-state index in [1.165, 1.54) is 18.4 Å². The number of carbonyl (C=O) groups excluding carboxylic acids is 1. The first-order chi connectivity index (χ1) is 11.2. The molecule has 2 unspecified atom stereocenters. The molecule has 2 heteroatoms. The van der Waals surface area contributed by atoms with E-state index < -0.39 is 0 Å². The smallest absolute Gasteiger partial charge is 0.136 e. The van der Waals surface area contributed by atoms with Crippen molar-refractivity contribution in [2.45, 2.75) is 77.4 Å². The fourth-order valence-electron chi connectivity index (χ4n) is 4.62. The van der Waals surface area contributed by atoms with Crippen molar-refractivity contribution < 1.29 is 4.79 Å². The molecule has 126 valence electrons. The van der Waals surface area contributed by atoms with Gasteiger partial charge < -0.3 is 0 Å². The lowest BCUT2D eigenvalue weighted by molar-refractivity contribution is -0.126. The van der Waals surface area contributed by atoms with Crippen LogP contribution < -0.4 is 0 Å². The number of fused-ring (bicyclic) bond motifs is 2. The van der Waals surface area contributed by atoms with Crippen molar-refractivity contribution in [3.63, 3.8) is 0 Å². The summed E-state index contributed by atoms with van der Waals surface area (Å²) in [5, 5.41) is 0. The fourth-order valence-corrected chi connectivity index (χ4v) is 4.62. The molecule has 0 saturated carbocycles. The minimum Gasteiger partial charge on any atom is -0.299 e. The van der Waals surface area contributed by atoms with Gasteiger partial charge in [0.1, 0.15) is 5.78 Å². The fraction of sp³-hybridized carbons (Fsp3) is 0.667. The van der Waals surface area contributed by atoms with Gasteiger partial charge in [0.25, 0.3) is 0 Å². The summed E-state index contributed by atoms with van der Waals surface area (Å²) in [5.74, 6) is 1.48. The van der Waals surface area contributed by atoms with Gasteiger partial charge in [-0.25, -0.2) is 0 Å². The molecule has 2 aliphatic heterocycles. The van der Waals surface area contributed by atoms with Gasteiger partial charge >= 0.3 is 0 Å². The molecular weight excluding hydrogens is 282 g/mol. The lowest BCUT2D eigenvalue weighted by Gasteiger charge is -2.38. The minimum atomic E-state index is 0.333. The Bertz CT molecular complexity index is 494. The number of hydrogen-bond donors (Lipinski definition) is 0. The van der Waals surface area contributed by atoms with E-state index in [0.29, 0.717) is 29.7 Å². The third-order valence-electron chi connectivity index (χ3n) is 6.19. The molecule has 0 radical (unpaired) electrons. The predicted octanol–water partition coefficient (Wildman–Crippen LogP) is 4.83. The van der Waals surface area contributed by atoms with E-state index in [1.807, 2.05) is 0 Å². The number of rotatable bonds is 7. The van der Waals surface area contributed by atoms with E-state index in [4.69, 9.17) is 0 Å². The van der Waals surface area contributed by atoms with Crippen LogP contribution in [0, 0.1) is 11.8 Å². The van der Waals surface area contributed by atoms with Crippen molar-refractivity contribution in [1.82, 2.24) is 4.90 Å². The maximum Gasteiger partial charge on any atom is 0.136 e. The molecule has 0 amide bonds. The van der Waals surface area contributed by atoms with E-state index >= 15 is 0 Å². The molecule has 1 aromatic rings. The summed E-state index contributed by atoms with van der Waals surface area (Å²) >= 11 is 0. The minimum absolute atomic E-state index is 0.333. The van der Waals surface area contributed by atoms with Gasteiger partial charge in [0.05, 0.1) is 0 Å². The average molecular weight is 313 g/mol. The van der Waals surface area contributed by atoms with Crippen LogP contribution in [-0.4, -0.2) is 22.8 Å². The van der Waals surface area contributed by atoms with Crippen LogP contribution in [0.15, 0.2) is 30.3 Å². The number of nitrogens with zero attached hydrogens (tertiary/aromatic N) is 1. The summed E-state index contributed by atoms with van der Waals surface area (Å²) in [7, 11) is 0. The SMILES string of the molecule is CCC(CC)CC(=O)C1CC2CCC(C1)N2Cc1ccccc1. The van der Waals surface area contributed by atoms with E-state index in [-0.39, 0.29) is 0 Å². The van der Waals surface area contributed by atoms with Crippen LogP contribution in [0.1, 0.15) is 64.4 Å². The van der Waals surface area contributed by atoms with Crippen molar-refractivity contribution in [2.24, 2.45) is 11.8 Å². The summed E-state index contributed by atoms with van der Waals surface area (Å²) in [4.78, 5) is 15.4. The molecule has 2 saturated heterocycles. The Balaban J connectivity index is 1.59. The van der Waals surface area contributed by atoms with Gasteiger partial charge in [0.2, 0.25) is 0 Å². The third-order valence-corrected chi connectivity index (χ3v) is 6.19. The molecule has 1 aromatic carbocycles. The number of Topliss-reactive ketones (excluding diaryl/α,β-unsaturated/α-hetero) is 1. The molecule has 2 atom stereocenters. The molecule has 2 aliphatic rings. The van der Waals surface area contributed by atoms with Crippen molar-refractivity contribution in [3.8, 4) is 0 Å². The number of ketones is 1. The lowest BCUT2D eigenvalue weighted by atomic mass is 9.83. The predicted molar refractivity (Wildman–Crippen MR) is 95.2 cm³/mol. The summed E-state index contributed by atoms with van der Waals surface area (Å²) in [6.45, 7) is 5.49. The van der Waals surface area contributed by atoms with Crippen molar-refractivity contribution in [2.75, 3.05) is 0 Å². The van der Waals surface area contributed by atoms with Crippen molar-refractivity contribution in [3.05, 3.63) is 35.9 Å². The third kappa shape index (κ3) is 3.85. The molecule has 0 aliphatic carbocycles. The zero-order chi connectivity index (χ0) is 16.2. The molecule has 2 bridgehead atoms. The van der Waals surface area contributed by atoms with Crippen molar-refractivity contribution >= 4 is 5.78 Å². The Morgan fingerprint density at radius 3 is 2.26 bits per heavy atom. The highest BCUT2D eigenvalue weighted by Gasteiger charge is 2.42. The van der Waals surface area contributed by atoms with Gasteiger partial charge in [0, 0.05) is 31.0 Å². The Morgan fingerprint density at radius 2 is 1.70 bits per heavy atom. The van der Waals surface area contributed by atoms with Crippen LogP contribution in [0.2, 0.25) is 0 Å². The van der Waals surface area contributed by atoms with Gasteiger partial charge in [-0.3, -0.25) is 9.69 Å². The highest BCUT2D eigenvalue weighted by atomic mass is 16.1. The maximum absolute atomic E-state index is 12.7. The summed E-state index contributed by atoms with van der Waals surface area (Å²) in [5.41, 5.74) is 1.41. The first kappa shape index (κ1) is 16.7. The number of hydrogen-bond acceptors (Lipinski definition) is 2. The standard InChI is InChI=1S/C21H31NO/c1-3-16(4-2)12-21(23)18-13-19-10-11-20(14-18)22(19)15-17-8-6-5-7-9-17/h5-9,16,18-20H,3-4,10-15H2,1-2H3. The Hall–Kier alpha value is -1.15. The van der Waals surface area contributed by atoms with Gasteiger partial charge in [-0.2, -0.15) is 0 Å². The number of benzene rings is 1. The van der Waals surface area contributed by atoms with Crippen LogP contribution in [-0.2, 0) is 11.3 Å². The Labute approximate surface area is 141 Å². The molecular formula is C21H31NO. The number of carbonyl (C=O) groups is 1. The van der Waals surface area contributed by atoms with Gasteiger partial charge in [0.15, 0.2) is 0 Å². The zero-order valence-corrected chi connectivity index (χ0v) is 14.7. The largest absolute Gasteiger partial charge is 0.299 e. The van der Waals surface area contributed by atoms with E-state index in [1.54, 1.807) is 0 Å². The summed E-state index contributed by atoms with van der Waals surface area (Å²) in [6.07, 6.45) is 7.86. The monoisotopic (exact) mass is 313 g/mol. The first-order valence-electron chi connectivity index (χ1n) is 9.53. The van der Waals surface area contributed by atoms with E-state index in [2.05, 4.69) is 49.1 Å². The zero-order valence-electron chi connectivity index (χ0n) is 14.7. The maximum atomic E-state index is 12.7. The van der Waals surface area contributed by atoms with Crippen LogP contribution in [0.3, 0.4) is 0 Å². The van der Waals surface area contributed by atoms with Gasteiger partial charge in [-0.05, 0) is 37.2 Å². The highest BCUT2D eigenvalue weighted by molar-refractivity contribution is 5.81. The topological polar surface area (TPSA) is 20.3 Å². The lowest BCUT2D eigenvalue weighted by Crippen LogP contribution is -2.44. The highest BCUT2D eigenvalue weighted by Crippen LogP contribution is 2.40. The van der Waals surface area contributed by atoms with Crippen molar-refractivity contribution in [1.29, 1.82) is 0 Å². The molecule has 3 rings (SSSR count). The Morgan fingerprint density at radius 1 is 1.09 bits per heavy atom. The second kappa shape index (κ2) is 7.61. The van der Waals surface area contributed by atoms with E-state index in [9.17, 15) is 4.79 Å². The number of piperidine rings is 1. The average Bonchev–Trinajstić information content (AvgIpc) is 2.82. The molecule has 2 nitrogen and oxygen atoms in total. The molecule has 2 heterocycles. The molecule has 0 aromatic heterocycles. The van der Waals surface area contributed by atoms with Gasteiger partial charge in [-0.1, -0.05) is 57.0 Å². The van der Waals surface area contributed by atoms with Crippen LogP contribution in [0.25, 0.3) is 0 Å². The first-order valence-corrected chi connectivity index (χ1v) is 9.53. The van der Waals surface area contributed by atoms with Crippen LogP contribution >= 0.6 is 0 Å². The molecule has 2 fully saturated rings. The second-order valence-corrected chi connectivity index (χ2v) is 7.56. The molecule has 23 heavy (non-hydrogen) atoms. The molecule has 0 spiro atoms. The Kier molecular flexibility index (Phi) is 5.53. The molecule has 0 N–H and O–H groups in total. The summed E-state index contributed by atoms with van der Waals surface area (Å²) < 4.78 is 0. The summed E-state index contributed by atoms with van der Waals surface area (Å²) in [6, 6.07) is 12.1.